The molecule has 2 aromatic rings. The van der Waals surface area contributed by atoms with E-state index in [2.05, 4.69) is 17.2 Å². The summed E-state index contributed by atoms with van der Waals surface area (Å²) in [5, 5.41) is 3.95. The number of hydrogen-bond donors (Lipinski definition) is 2. The van der Waals surface area contributed by atoms with Crippen molar-refractivity contribution in [3.8, 4) is 0 Å². The van der Waals surface area contributed by atoms with Gasteiger partial charge in [-0.05, 0) is 50.0 Å². The molecule has 0 unspecified atom stereocenters. The zero-order chi connectivity index (χ0) is 16.0. The third-order valence-electron chi connectivity index (χ3n) is 5.79. The summed E-state index contributed by atoms with van der Waals surface area (Å²) in [5.41, 5.74) is 0.943. The predicted octanol–water partition coefficient (Wildman–Crippen LogP) is 3.08. The van der Waals surface area contributed by atoms with Crippen LogP contribution in [0.3, 0.4) is 0 Å². The number of para-hydroxylation sites is 1. The lowest BCUT2D eigenvalue weighted by Crippen LogP contribution is -2.40. The highest BCUT2D eigenvalue weighted by Crippen LogP contribution is 2.49. The molecule has 120 valence electrons. The van der Waals surface area contributed by atoms with Crippen molar-refractivity contribution in [1.82, 2.24) is 10.3 Å². The number of amides is 1. The van der Waals surface area contributed by atoms with Crippen molar-refractivity contribution in [2.45, 2.75) is 38.6 Å². The zero-order valence-electron chi connectivity index (χ0n) is 13.3. The van der Waals surface area contributed by atoms with Crippen LogP contribution in [-0.2, 0) is 0 Å². The van der Waals surface area contributed by atoms with Crippen LogP contribution in [0.25, 0.3) is 10.9 Å². The van der Waals surface area contributed by atoms with E-state index in [9.17, 15) is 9.59 Å². The van der Waals surface area contributed by atoms with E-state index in [4.69, 9.17) is 0 Å². The fourth-order valence-corrected chi connectivity index (χ4v) is 4.69. The van der Waals surface area contributed by atoms with Crippen LogP contribution in [0.4, 0.5) is 0 Å². The van der Waals surface area contributed by atoms with Crippen molar-refractivity contribution < 1.29 is 4.79 Å². The molecule has 4 atom stereocenters. The maximum Gasteiger partial charge on any atom is 0.252 e. The van der Waals surface area contributed by atoms with Gasteiger partial charge in [0.1, 0.15) is 0 Å². The summed E-state index contributed by atoms with van der Waals surface area (Å²) in [4.78, 5) is 27.3. The molecule has 23 heavy (non-hydrogen) atoms. The SMILES string of the molecule is C[C@@H](NC(=O)c1cc(=O)[nH]c2ccccc12)[C@H]1C[C@H]2CC[C@H]1C2. The highest BCUT2D eigenvalue weighted by Gasteiger charge is 2.42. The monoisotopic (exact) mass is 310 g/mol. The van der Waals surface area contributed by atoms with Crippen molar-refractivity contribution in [2.24, 2.45) is 17.8 Å². The number of aromatic amines is 1. The Hall–Kier alpha value is -2.10. The topological polar surface area (TPSA) is 62.0 Å². The van der Waals surface area contributed by atoms with Crippen molar-refractivity contribution in [3.63, 3.8) is 0 Å². The third-order valence-corrected chi connectivity index (χ3v) is 5.79. The van der Waals surface area contributed by atoms with E-state index < -0.39 is 0 Å². The van der Waals surface area contributed by atoms with Crippen LogP contribution in [0.1, 0.15) is 43.0 Å². The number of H-pyrrole nitrogens is 1. The van der Waals surface area contributed by atoms with Crippen LogP contribution in [-0.4, -0.2) is 16.9 Å². The summed E-state index contributed by atoms with van der Waals surface area (Å²) in [6, 6.07) is 9.02. The standard InChI is InChI=1S/C19H22N2O2/c1-11(15-9-12-6-7-13(15)8-12)20-19(23)16-10-18(22)21-17-5-3-2-4-14(16)17/h2-5,10-13,15H,6-9H2,1H3,(H,20,23)(H,21,22)/t11-,12+,13+,15-/m1/s1. The molecule has 0 saturated heterocycles. The number of carbonyl (C=O) groups excluding carboxylic acids is 1. The van der Waals surface area contributed by atoms with Gasteiger partial charge in [-0.1, -0.05) is 24.6 Å². The number of benzene rings is 1. The average Bonchev–Trinajstić information content (AvgIpc) is 3.17. The molecule has 4 heteroatoms. The number of rotatable bonds is 3. The van der Waals surface area contributed by atoms with E-state index >= 15 is 0 Å². The largest absolute Gasteiger partial charge is 0.349 e. The first-order valence-electron chi connectivity index (χ1n) is 8.55. The molecule has 1 aromatic heterocycles. The van der Waals surface area contributed by atoms with E-state index in [1.54, 1.807) is 0 Å². The van der Waals surface area contributed by atoms with Gasteiger partial charge in [0, 0.05) is 23.0 Å². The second kappa shape index (κ2) is 5.52. The van der Waals surface area contributed by atoms with Gasteiger partial charge in [-0.25, -0.2) is 0 Å². The van der Waals surface area contributed by atoms with Gasteiger partial charge in [-0.3, -0.25) is 9.59 Å². The van der Waals surface area contributed by atoms with Gasteiger partial charge in [0.25, 0.3) is 5.91 Å². The van der Waals surface area contributed by atoms with Gasteiger partial charge in [0.2, 0.25) is 5.56 Å². The second-order valence-corrected chi connectivity index (χ2v) is 7.19. The minimum atomic E-state index is -0.235. The minimum Gasteiger partial charge on any atom is -0.349 e. The van der Waals surface area contributed by atoms with Gasteiger partial charge < -0.3 is 10.3 Å². The van der Waals surface area contributed by atoms with Gasteiger partial charge in [0.05, 0.1) is 5.56 Å². The van der Waals surface area contributed by atoms with Crippen molar-refractivity contribution >= 4 is 16.8 Å². The normalized spacial score (nSPS) is 27.3. The molecule has 1 heterocycles. The van der Waals surface area contributed by atoms with Crippen LogP contribution in [0.2, 0.25) is 0 Å². The Morgan fingerprint density at radius 3 is 2.83 bits per heavy atom. The summed E-state index contributed by atoms with van der Waals surface area (Å²) in [5.74, 6) is 2.09. The lowest BCUT2D eigenvalue weighted by atomic mass is 9.84. The Morgan fingerprint density at radius 2 is 2.09 bits per heavy atom. The molecule has 4 rings (SSSR count). The summed E-state index contributed by atoms with van der Waals surface area (Å²) < 4.78 is 0. The van der Waals surface area contributed by atoms with Crippen LogP contribution >= 0.6 is 0 Å². The van der Waals surface area contributed by atoms with Crippen molar-refractivity contribution in [2.75, 3.05) is 0 Å². The molecule has 0 aliphatic heterocycles. The Morgan fingerprint density at radius 1 is 1.26 bits per heavy atom. The van der Waals surface area contributed by atoms with Gasteiger partial charge in [-0.2, -0.15) is 0 Å². The van der Waals surface area contributed by atoms with E-state index in [1.807, 2.05) is 24.3 Å². The molecule has 2 aliphatic rings. The molecule has 2 aliphatic carbocycles. The first kappa shape index (κ1) is 14.5. The zero-order valence-corrected chi connectivity index (χ0v) is 13.3. The molecule has 0 radical (unpaired) electrons. The summed E-state index contributed by atoms with van der Waals surface area (Å²) in [6.07, 6.45) is 5.24. The van der Waals surface area contributed by atoms with Crippen molar-refractivity contribution in [3.05, 3.63) is 46.2 Å². The molecule has 1 aromatic carbocycles. The summed E-state index contributed by atoms with van der Waals surface area (Å²) >= 11 is 0. The number of aromatic nitrogens is 1. The van der Waals surface area contributed by atoms with Gasteiger partial charge >= 0.3 is 0 Å². The Bertz CT molecular complexity index is 810. The van der Waals surface area contributed by atoms with E-state index in [1.165, 1.54) is 31.7 Å². The molecular formula is C19H22N2O2. The first-order chi connectivity index (χ1) is 11.1. The van der Waals surface area contributed by atoms with Gasteiger partial charge in [0.15, 0.2) is 0 Å². The highest BCUT2D eigenvalue weighted by atomic mass is 16.2. The second-order valence-electron chi connectivity index (χ2n) is 7.19. The van der Waals surface area contributed by atoms with E-state index in [0.717, 1.165) is 17.2 Å². The van der Waals surface area contributed by atoms with E-state index in [0.29, 0.717) is 17.0 Å². The maximum absolute atomic E-state index is 12.7. The fourth-order valence-electron chi connectivity index (χ4n) is 4.69. The lowest BCUT2D eigenvalue weighted by molar-refractivity contribution is 0.0917. The molecular weight excluding hydrogens is 288 g/mol. The van der Waals surface area contributed by atoms with Crippen LogP contribution in [0.15, 0.2) is 35.1 Å². The number of hydrogen-bond acceptors (Lipinski definition) is 2. The highest BCUT2D eigenvalue weighted by molar-refractivity contribution is 6.06. The van der Waals surface area contributed by atoms with Crippen LogP contribution < -0.4 is 10.9 Å². The first-order valence-corrected chi connectivity index (χ1v) is 8.55. The molecule has 2 fully saturated rings. The average molecular weight is 310 g/mol. The predicted molar refractivity (Wildman–Crippen MR) is 90.4 cm³/mol. The lowest BCUT2D eigenvalue weighted by Gasteiger charge is -2.28. The smallest absolute Gasteiger partial charge is 0.252 e. The summed E-state index contributed by atoms with van der Waals surface area (Å²) in [7, 11) is 0. The molecule has 2 N–H and O–H groups in total. The van der Waals surface area contributed by atoms with Gasteiger partial charge in [-0.15, -0.1) is 0 Å². The quantitative estimate of drug-likeness (QED) is 0.915. The summed E-state index contributed by atoms with van der Waals surface area (Å²) in [6.45, 7) is 2.11. The molecule has 0 spiro atoms. The number of nitrogens with one attached hydrogen (secondary N) is 2. The van der Waals surface area contributed by atoms with Crippen LogP contribution in [0, 0.1) is 17.8 Å². The maximum atomic E-state index is 12.7. The Balaban J connectivity index is 1.58. The van der Waals surface area contributed by atoms with E-state index in [-0.39, 0.29) is 17.5 Å². The molecule has 2 saturated carbocycles. The Labute approximate surface area is 135 Å². The van der Waals surface area contributed by atoms with Crippen molar-refractivity contribution in [1.29, 1.82) is 0 Å². The molecule has 4 nitrogen and oxygen atoms in total. The Kier molecular flexibility index (Phi) is 3.47. The van der Waals surface area contributed by atoms with Crippen LogP contribution in [0.5, 0.6) is 0 Å². The number of fused-ring (bicyclic) bond motifs is 3. The fraction of sp³-hybridized carbons (Fsp3) is 0.474. The third kappa shape index (κ3) is 2.56. The number of pyridine rings is 1. The minimum absolute atomic E-state index is 0.137. The molecule has 2 bridgehead atoms. The molecule has 1 amide bonds. The number of carbonyl (C=O) groups is 1.